The first-order chi connectivity index (χ1) is 17.0. The molecule has 2 N–H and O–H groups in total. The molecule has 1 aliphatic heterocycles. The fraction of sp³-hybridized carbons (Fsp3) is 0.407. The average Bonchev–Trinajstić information content (AvgIpc) is 2.87. The highest BCUT2D eigenvalue weighted by Gasteiger charge is 2.31. The van der Waals surface area contributed by atoms with Crippen LogP contribution in [0.3, 0.4) is 0 Å². The molecule has 0 radical (unpaired) electrons. The van der Waals surface area contributed by atoms with E-state index in [1.54, 1.807) is 31.8 Å². The Kier molecular flexibility index (Phi) is 8.24. The van der Waals surface area contributed by atoms with E-state index in [1.807, 2.05) is 24.3 Å². The lowest BCUT2D eigenvalue weighted by Crippen LogP contribution is -2.41. The average molecular weight is 475 g/mol. The molecule has 1 saturated heterocycles. The van der Waals surface area contributed by atoms with Gasteiger partial charge in [0.2, 0.25) is 5.82 Å². The summed E-state index contributed by atoms with van der Waals surface area (Å²) >= 11 is 0. The van der Waals surface area contributed by atoms with E-state index in [9.17, 15) is 15.0 Å². The zero-order chi connectivity index (χ0) is 24.6. The quantitative estimate of drug-likeness (QED) is 0.479. The van der Waals surface area contributed by atoms with Crippen molar-refractivity contribution < 1.29 is 19.7 Å². The van der Waals surface area contributed by atoms with Gasteiger partial charge in [-0.15, -0.1) is 0 Å². The summed E-state index contributed by atoms with van der Waals surface area (Å²) in [6.07, 6.45) is 6.66. The van der Waals surface area contributed by atoms with Gasteiger partial charge in [-0.05, 0) is 79.5 Å². The highest BCUT2D eigenvalue weighted by atomic mass is 16.5. The molecule has 3 aromatic rings. The van der Waals surface area contributed by atoms with Crippen LogP contribution >= 0.6 is 0 Å². The number of nitrogens with zero attached hydrogens (tertiary/aromatic N) is 4. The molecule has 182 valence electrons. The smallest absolute Gasteiger partial charge is 0.303 e. The Bertz CT molecular complexity index is 1210. The zero-order valence-corrected chi connectivity index (χ0v) is 19.8. The zero-order valence-electron chi connectivity index (χ0n) is 19.8. The number of aliphatic carboxylic acids is 1. The molecule has 0 amide bonds. The molecule has 2 aromatic heterocycles. The molecule has 0 bridgehead atoms. The van der Waals surface area contributed by atoms with Crippen LogP contribution in [0.5, 0.6) is 5.75 Å². The van der Waals surface area contributed by atoms with E-state index < -0.39 is 12.1 Å². The lowest BCUT2D eigenvalue weighted by molar-refractivity contribution is -0.139. The van der Waals surface area contributed by atoms with E-state index in [0.717, 1.165) is 41.6 Å². The number of aromatic nitrogens is 3. The maximum Gasteiger partial charge on any atom is 0.303 e. The van der Waals surface area contributed by atoms with Crippen molar-refractivity contribution in [2.45, 2.75) is 31.8 Å². The Labute approximate surface area is 205 Å². The number of carboxylic acid groups (broad SMARTS) is 1. The van der Waals surface area contributed by atoms with Crippen LogP contribution in [0.4, 0.5) is 0 Å². The molecule has 1 aliphatic rings. The van der Waals surface area contributed by atoms with Crippen LogP contribution < -0.4 is 4.74 Å². The van der Waals surface area contributed by atoms with Crippen molar-refractivity contribution in [3.63, 3.8) is 0 Å². The second-order valence-electron chi connectivity index (χ2n) is 8.89. The van der Waals surface area contributed by atoms with Gasteiger partial charge in [0, 0.05) is 36.9 Å². The first-order valence-electron chi connectivity index (χ1n) is 11.8. The number of aliphatic hydroxyl groups excluding tert-OH is 1. The van der Waals surface area contributed by atoms with Gasteiger partial charge in [-0.2, -0.15) is 0 Å². The number of hydrogen-bond acceptors (Lipinski definition) is 7. The van der Waals surface area contributed by atoms with Gasteiger partial charge in [-0.1, -0.05) is 5.92 Å². The Balaban J connectivity index is 1.39. The Hall–Kier alpha value is -3.54. The van der Waals surface area contributed by atoms with Gasteiger partial charge >= 0.3 is 5.97 Å². The number of carboxylic acids is 1. The minimum Gasteiger partial charge on any atom is -0.497 e. The van der Waals surface area contributed by atoms with Gasteiger partial charge in [0.05, 0.1) is 25.3 Å². The molecule has 0 saturated carbocycles. The largest absolute Gasteiger partial charge is 0.497 e. The van der Waals surface area contributed by atoms with E-state index in [-0.39, 0.29) is 18.3 Å². The Morgan fingerprint density at radius 2 is 2.03 bits per heavy atom. The minimum atomic E-state index is -0.793. The van der Waals surface area contributed by atoms with E-state index in [1.165, 1.54) is 0 Å². The highest BCUT2D eigenvalue weighted by molar-refractivity contribution is 5.83. The van der Waals surface area contributed by atoms with E-state index in [4.69, 9.17) is 4.74 Å². The molecule has 1 fully saturated rings. The number of benzene rings is 1. The predicted molar refractivity (Wildman–Crippen MR) is 132 cm³/mol. The van der Waals surface area contributed by atoms with Crippen LogP contribution in [0.15, 0.2) is 48.9 Å². The van der Waals surface area contributed by atoms with Crippen LogP contribution in [-0.2, 0) is 4.79 Å². The molecule has 1 aromatic carbocycles. The summed E-state index contributed by atoms with van der Waals surface area (Å²) in [6.45, 7) is 2.07. The maximum absolute atomic E-state index is 11.6. The standard InChI is InChI=1S/C27H30N4O4/c1-35-21-6-7-24-23(17-21)22(9-13-28-24)25(32)8-5-19-10-15-31(18-20(19)16-27(33)34)14-2-4-26-29-11-3-12-30-26/h3,6-7,9,11-13,17,19-20,25,32H,5,8,10,14-16,18H2,1H3,(H,33,34)/t19-,20+,25+/m1/s1. The molecule has 3 atom stereocenters. The van der Waals surface area contributed by atoms with E-state index in [2.05, 4.69) is 31.7 Å². The number of ether oxygens (including phenoxy) is 1. The third-order valence-corrected chi connectivity index (χ3v) is 6.63. The SMILES string of the molecule is COc1ccc2nccc([C@@H](O)CC[C@@H]3CCN(CC#Cc4ncccn4)C[C@@H]3CC(=O)O)c2c1. The van der Waals surface area contributed by atoms with Gasteiger partial charge in [0.15, 0.2) is 0 Å². The first-order valence-corrected chi connectivity index (χ1v) is 11.8. The fourth-order valence-electron chi connectivity index (χ4n) is 4.82. The van der Waals surface area contributed by atoms with Gasteiger partial charge in [0.25, 0.3) is 0 Å². The normalized spacial score (nSPS) is 19.0. The minimum absolute atomic E-state index is 0.0116. The maximum atomic E-state index is 11.6. The fourth-order valence-corrected chi connectivity index (χ4v) is 4.82. The van der Waals surface area contributed by atoms with Crippen molar-refractivity contribution in [1.29, 1.82) is 0 Å². The van der Waals surface area contributed by atoms with E-state index in [0.29, 0.717) is 25.3 Å². The molecular formula is C27H30N4O4. The molecule has 0 aliphatic carbocycles. The van der Waals surface area contributed by atoms with Crippen molar-refractivity contribution in [2.24, 2.45) is 11.8 Å². The molecule has 8 nitrogen and oxygen atoms in total. The number of piperidine rings is 1. The molecular weight excluding hydrogens is 444 g/mol. The number of rotatable bonds is 8. The third-order valence-electron chi connectivity index (χ3n) is 6.63. The number of hydrogen-bond donors (Lipinski definition) is 2. The lowest BCUT2D eigenvalue weighted by atomic mass is 9.79. The first kappa shape index (κ1) is 24.6. The number of aliphatic hydroxyl groups is 1. The van der Waals surface area contributed by atoms with Crippen LogP contribution in [0.1, 0.15) is 43.2 Å². The predicted octanol–water partition coefficient (Wildman–Crippen LogP) is 3.31. The van der Waals surface area contributed by atoms with Crippen molar-refractivity contribution in [3.05, 3.63) is 60.3 Å². The van der Waals surface area contributed by atoms with Gasteiger partial charge in [-0.3, -0.25) is 14.7 Å². The highest BCUT2D eigenvalue weighted by Crippen LogP contribution is 2.34. The third kappa shape index (κ3) is 6.53. The molecule has 4 rings (SSSR count). The van der Waals surface area contributed by atoms with Crippen LogP contribution in [0.2, 0.25) is 0 Å². The van der Waals surface area contributed by atoms with Crippen molar-refractivity contribution >= 4 is 16.9 Å². The van der Waals surface area contributed by atoms with E-state index >= 15 is 0 Å². The topological polar surface area (TPSA) is 109 Å². The summed E-state index contributed by atoms with van der Waals surface area (Å²) in [7, 11) is 1.61. The number of likely N-dealkylation sites (tertiary alicyclic amines) is 1. The van der Waals surface area contributed by atoms with Crippen molar-refractivity contribution in [2.75, 3.05) is 26.7 Å². The summed E-state index contributed by atoms with van der Waals surface area (Å²) in [4.78, 5) is 26.4. The van der Waals surface area contributed by atoms with Gasteiger partial charge < -0.3 is 14.9 Å². The van der Waals surface area contributed by atoms with Crippen LogP contribution in [-0.4, -0.2) is 62.8 Å². The number of methoxy groups -OCH3 is 1. The van der Waals surface area contributed by atoms with Crippen molar-refractivity contribution in [1.82, 2.24) is 19.9 Å². The summed E-state index contributed by atoms with van der Waals surface area (Å²) in [5.41, 5.74) is 1.63. The van der Waals surface area contributed by atoms with Crippen LogP contribution in [0, 0.1) is 23.7 Å². The van der Waals surface area contributed by atoms with Gasteiger partial charge in [-0.25, -0.2) is 9.97 Å². The summed E-state index contributed by atoms with van der Waals surface area (Å²) in [6, 6.07) is 9.23. The summed E-state index contributed by atoms with van der Waals surface area (Å²) < 4.78 is 5.34. The Morgan fingerprint density at radius 1 is 1.20 bits per heavy atom. The second kappa shape index (κ2) is 11.7. The molecule has 3 heterocycles. The van der Waals surface area contributed by atoms with Gasteiger partial charge in [0.1, 0.15) is 5.75 Å². The monoisotopic (exact) mass is 474 g/mol. The molecule has 35 heavy (non-hydrogen) atoms. The molecule has 0 unspecified atom stereocenters. The number of pyridine rings is 1. The van der Waals surface area contributed by atoms with Crippen LogP contribution in [0.25, 0.3) is 10.9 Å². The summed E-state index contributed by atoms with van der Waals surface area (Å²) in [5, 5.41) is 21.4. The number of fused-ring (bicyclic) bond motifs is 1. The molecule has 0 spiro atoms. The summed E-state index contributed by atoms with van der Waals surface area (Å²) in [5.74, 6) is 6.72. The Morgan fingerprint density at radius 3 is 2.80 bits per heavy atom. The lowest BCUT2D eigenvalue weighted by Gasteiger charge is -2.37. The number of carbonyl (C=O) groups is 1. The van der Waals surface area contributed by atoms with Crippen molar-refractivity contribution in [3.8, 4) is 17.6 Å². The molecule has 8 heteroatoms. The second-order valence-corrected chi connectivity index (χ2v) is 8.89.